The van der Waals surface area contributed by atoms with Gasteiger partial charge in [-0.25, -0.2) is 8.42 Å². The van der Waals surface area contributed by atoms with E-state index in [1.54, 1.807) is 61.5 Å². The number of rotatable bonds is 14. The molecule has 0 aromatic heterocycles. The van der Waals surface area contributed by atoms with Crippen LogP contribution in [0.25, 0.3) is 0 Å². The van der Waals surface area contributed by atoms with Crippen molar-refractivity contribution in [3.63, 3.8) is 0 Å². The van der Waals surface area contributed by atoms with Crippen LogP contribution in [0.5, 0.6) is 0 Å². The molecule has 0 saturated heterocycles. The molecule has 10 heteroatoms. The first kappa shape index (κ1) is 34.0. The van der Waals surface area contributed by atoms with Gasteiger partial charge in [0.2, 0.25) is 11.8 Å². The molecule has 0 fully saturated rings. The topological polar surface area (TPSA) is 86.8 Å². The lowest BCUT2D eigenvalue weighted by molar-refractivity contribution is -0.140. The minimum absolute atomic E-state index is 0.0274. The second kappa shape index (κ2) is 15.9. The third-order valence-electron chi connectivity index (χ3n) is 7.42. The minimum atomic E-state index is -4.21. The Labute approximate surface area is 275 Å². The average Bonchev–Trinajstić information content (AvgIpc) is 3.04. The van der Waals surface area contributed by atoms with Gasteiger partial charge in [0.05, 0.1) is 10.6 Å². The van der Waals surface area contributed by atoms with Gasteiger partial charge in [0, 0.05) is 29.6 Å². The van der Waals surface area contributed by atoms with Crippen molar-refractivity contribution in [3.05, 3.63) is 130 Å². The van der Waals surface area contributed by atoms with Crippen molar-refractivity contribution in [1.29, 1.82) is 0 Å². The molecule has 0 aliphatic rings. The Hall–Kier alpha value is -3.85. The number of halogens is 2. The molecule has 7 nitrogen and oxygen atoms in total. The monoisotopic (exact) mass is 665 g/mol. The molecule has 1 atom stereocenters. The van der Waals surface area contributed by atoms with Crippen molar-refractivity contribution >= 4 is 50.7 Å². The van der Waals surface area contributed by atoms with E-state index in [1.165, 1.54) is 23.1 Å². The number of sulfonamides is 1. The normalized spacial score (nSPS) is 11.9. The summed E-state index contributed by atoms with van der Waals surface area (Å²) < 4.78 is 29.4. The largest absolute Gasteiger partial charge is 0.354 e. The van der Waals surface area contributed by atoms with Crippen molar-refractivity contribution in [2.24, 2.45) is 0 Å². The molecule has 0 heterocycles. The van der Waals surface area contributed by atoms with Crippen LogP contribution < -0.4 is 9.62 Å². The van der Waals surface area contributed by atoms with E-state index >= 15 is 0 Å². The second-order valence-electron chi connectivity index (χ2n) is 10.8. The van der Waals surface area contributed by atoms with E-state index in [-0.39, 0.29) is 29.5 Å². The Morgan fingerprint density at radius 2 is 1.44 bits per heavy atom. The Kier molecular flexibility index (Phi) is 12.0. The Morgan fingerprint density at radius 3 is 2.09 bits per heavy atom. The standard InChI is InChI=1S/C35H37Cl2N3O4S/c1-3-4-21-38-35(42)33(22-27-11-7-5-8-12-27)39(24-28-16-19-29(36)20-17-28)34(41)25-40(32-23-30(37)18-15-26(32)2)45(43,44)31-13-9-6-10-14-31/h5-20,23,33H,3-4,21-22,24-25H2,1-2H3,(H,38,42)/t33-/m0/s1. The van der Waals surface area contributed by atoms with Crippen LogP contribution in [0.3, 0.4) is 0 Å². The molecule has 0 spiro atoms. The maximum atomic E-state index is 14.5. The molecule has 4 aromatic carbocycles. The van der Waals surface area contributed by atoms with Crippen LogP contribution in [0.4, 0.5) is 5.69 Å². The number of nitrogens with zero attached hydrogens (tertiary/aromatic N) is 2. The van der Waals surface area contributed by atoms with Crippen molar-refractivity contribution in [1.82, 2.24) is 10.2 Å². The zero-order valence-electron chi connectivity index (χ0n) is 25.3. The molecule has 0 unspecified atom stereocenters. The second-order valence-corrected chi connectivity index (χ2v) is 13.5. The average molecular weight is 667 g/mol. The lowest BCUT2D eigenvalue weighted by Gasteiger charge is -2.34. The van der Waals surface area contributed by atoms with E-state index in [0.29, 0.717) is 22.2 Å². The van der Waals surface area contributed by atoms with Gasteiger partial charge >= 0.3 is 0 Å². The van der Waals surface area contributed by atoms with Crippen LogP contribution in [0, 0.1) is 6.92 Å². The lowest BCUT2D eigenvalue weighted by Crippen LogP contribution is -2.53. The van der Waals surface area contributed by atoms with E-state index in [4.69, 9.17) is 23.2 Å². The maximum absolute atomic E-state index is 14.5. The SMILES string of the molecule is CCCCNC(=O)[C@H](Cc1ccccc1)N(Cc1ccc(Cl)cc1)C(=O)CN(c1cc(Cl)ccc1C)S(=O)(=O)c1ccccc1. The fraction of sp³-hybridized carbons (Fsp3) is 0.257. The molecule has 0 radical (unpaired) electrons. The van der Waals surface area contributed by atoms with Gasteiger partial charge in [0.25, 0.3) is 10.0 Å². The molecule has 0 saturated carbocycles. The molecule has 4 aromatic rings. The summed E-state index contributed by atoms with van der Waals surface area (Å²) in [5.41, 5.74) is 2.50. The van der Waals surface area contributed by atoms with Crippen molar-refractivity contribution < 1.29 is 18.0 Å². The lowest BCUT2D eigenvalue weighted by atomic mass is 10.0. The van der Waals surface area contributed by atoms with Crippen molar-refractivity contribution in [3.8, 4) is 0 Å². The number of aryl methyl sites for hydroxylation is 1. The zero-order chi connectivity index (χ0) is 32.4. The van der Waals surface area contributed by atoms with Crippen LogP contribution in [-0.4, -0.2) is 44.3 Å². The fourth-order valence-electron chi connectivity index (χ4n) is 4.93. The van der Waals surface area contributed by atoms with Crippen LogP contribution in [0.1, 0.15) is 36.5 Å². The Bertz CT molecular complexity index is 1690. The Balaban J connectivity index is 1.81. The molecular weight excluding hydrogens is 629 g/mol. The number of nitrogens with one attached hydrogen (secondary N) is 1. The molecule has 4 rings (SSSR count). The van der Waals surface area contributed by atoms with Gasteiger partial charge in [-0.3, -0.25) is 13.9 Å². The molecule has 236 valence electrons. The van der Waals surface area contributed by atoms with Crippen LogP contribution in [-0.2, 0) is 32.6 Å². The number of amides is 2. The summed E-state index contributed by atoms with van der Waals surface area (Å²) in [4.78, 5) is 29.8. The quantitative estimate of drug-likeness (QED) is 0.146. The van der Waals surface area contributed by atoms with Gasteiger partial charge in [-0.1, -0.05) is 103 Å². The van der Waals surface area contributed by atoms with Gasteiger partial charge in [-0.15, -0.1) is 0 Å². The van der Waals surface area contributed by atoms with Gasteiger partial charge < -0.3 is 10.2 Å². The predicted octanol–water partition coefficient (Wildman–Crippen LogP) is 7.05. The number of carbonyl (C=O) groups excluding carboxylic acids is 2. The van der Waals surface area contributed by atoms with Crippen LogP contribution >= 0.6 is 23.2 Å². The third kappa shape index (κ3) is 9.10. The van der Waals surface area contributed by atoms with E-state index < -0.39 is 28.5 Å². The highest BCUT2D eigenvalue weighted by atomic mass is 35.5. The number of hydrogen-bond donors (Lipinski definition) is 1. The summed E-state index contributed by atoms with van der Waals surface area (Å²) in [5.74, 6) is -0.860. The first-order valence-electron chi connectivity index (χ1n) is 14.8. The van der Waals surface area contributed by atoms with Crippen LogP contribution in [0.2, 0.25) is 10.0 Å². The number of hydrogen-bond acceptors (Lipinski definition) is 4. The third-order valence-corrected chi connectivity index (χ3v) is 9.68. The first-order chi connectivity index (χ1) is 21.6. The molecule has 1 N–H and O–H groups in total. The number of carbonyl (C=O) groups is 2. The highest BCUT2D eigenvalue weighted by Gasteiger charge is 2.35. The number of anilines is 1. The molecule has 45 heavy (non-hydrogen) atoms. The molecule has 0 aliphatic heterocycles. The van der Waals surface area contributed by atoms with Gasteiger partial charge in [0.1, 0.15) is 12.6 Å². The first-order valence-corrected chi connectivity index (χ1v) is 17.0. The van der Waals surface area contributed by atoms with E-state index in [0.717, 1.165) is 28.3 Å². The highest BCUT2D eigenvalue weighted by Crippen LogP contribution is 2.30. The van der Waals surface area contributed by atoms with Gasteiger partial charge in [-0.05, 0) is 66.4 Å². The molecular formula is C35H37Cl2N3O4S. The summed E-state index contributed by atoms with van der Waals surface area (Å²) in [5, 5.41) is 3.85. The minimum Gasteiger partial charge on any atom is -0.354 e. The molecule has 0 aliphatic carbocycles. The van der Waals surface area contributed by atoms with Gasteiger partial charge in [-0.2, -0.15) is 0 Å². The number of unbranched alkanes of at least 4 members (excludes halogenated alkanes) is 1. The highest BCUT2D eigenvalue weighted by molar-refractivity contribution is 7.92. The van der Waals surface area contributed by atoms with E-state index in [2.05, 4.69) is 5.32 Å². The Morgan fingerprint density at radius 1 is 0.822 bits per heavy atom. The van der Waals surface area contributed by atoms with Crippen molar-refractivity contribution in [2.75, 3.05) is 17.4 Å². The van der Waals surface area contributed by atoms with Crippen molar-refractivity contribution in [2.45, 2.75) is 50.6 Å². The summed E-state index contributed by atoms with van der Waals surface area (Å²) >= 11 is 12.5. The van der Waals surface area contributed by atoms with E-state index in [9.17, 15) is 18.0 Å². The maximum Gasteiger partial charge on any atom is 0.264 e. The molecule has 0 bridgehead atoms. The smallest absolute Gasteiger partial charge is 0.264 e. The predicted molar refractivity (Wildman–Crippen MR) is 181 cm³/mol. The summed E-state index contributed by atoms with van der Waals surface area (Å²) in [6.45, 7) is 3.75. The summed E-state index contributed by atoms with van der Waals surface area (Å²) in [7, 11) is -4.21. The zero-order valence-corrected chi connectivity index (χ0v) is 27.7. The van der Waals surface area contributed by atoms with Crippen LogP contribution in [0.15, 0.2) is 108 Å². The van der Waals surface area contributed by atoms with Gasteiger partial charge in [0.15, 0.2) is 0 Å². The van der Waals surface area contributed by atoms with E-state index in [1.807, 2.05) is 37.3 Å². The summed E-state index contributed by atoms with van der Waals surface area (Å²) in [6.07, 6.45) is 1.91. The fourth-order valence-corrected chi connectivity index (χ4v) is 6.71. The summed E-state index contributed by atoms with van der Waals surface area (Å²) in [6, 6.07) is 28.4. The molecule has 2 amide bonds. The number of benzene rings is 4.